The average molecular weight is 416 g/mol. The second kappa shape index (κ2) is 8.52. The second-order valence-electron chi connectivity index (χ2n) is 7.82. The molecular weight excluding hydrogens is 394 g/mol. The van der Waals surface area contributed by atoms with E-state index in [0.29, 0.717) is 11.2 Å². The summed E-state index contributed by atoms with van der Waals surface area (Å²) >= 11 is 0. The number of pyridine rings is 1. The Bertz CT molecular complexity index is 1080. The number of carbonyl (C=O) groups is 1. The van der Waals surface area contributed by atoms with Crippen molar-refractivity contribution in [2.24, 2.45) is 5.41 Å². The van der Waals surface area contributed by atoms with Gasteiger partial charge in [0.15, 0.2) is 17.2 Å². The van der Waals surface area contributed by atoms with Crippen molar-refractivity contribution in [3.05, 3.63) is 59.5 Å². The van der Waals surface area contributed by atoms with Crippen LogP contribution >= 0.6 is 0 Å². The molecule has 2 heterocycles. The van der Waals surface area contributed by atoms with Gasteiger partial charge in [0.2, 0.25) is 0 Å². The minimum Gasteiger partial charge on any atom is -0.489 e. The van der Waals surface area contributed by atoms with Crippen LogP contribution in [0.1, 0.15) is 42.5 Å². The average Bonchev–Trinajstić information content (AvgIpc) is 3.03. The first-order chi connectivity index (χ1) is 14.2. The first-order valence-electron chi connectivity index (χ1n) is 9.25. The van der Waals surface area contributed by atoms with E-state index in [0.717, 1.165) is 0 Å². The zero-order valence-corrected chi connectivity index (χ0v) is 16.8. The number of ether oxygens (including phenoxy) is 2. The van der Waals surface area contributed by atoms with Crippen molar-refractivity contribution in [3.63, 3.8) is 0 Å². The smallest absolute Gasteiger partial charge is 0.387 e. The van der Waals surface area contributed by atoms with Gasteiger partial charge in [-0.05, 0) is 35.8 Å². The Morgan fingerprint density at radius 3 is 2.63 bits per heavy atom. The van der Waals surface area contributed by atoms with E-state index in [9.17, 15) is 18.7 Å². The molecule has 6 nitrogen and oxygen atoms in total. The topological polar surface area (TPSA) is 73.1 Å². The van der Waals surface area contributed by atoms with Gasteiger partial charge < -0.3 is 14.6 Å². The maximum Gasteiger partial charge on any atom is 0.387 e. The Morgan fingerprint density at radius 1 is 1.20 bits per heavy atom. The lowest BCUT2D eigenvalue weighted by molar-refractivity contribution is -0.0517. The SMILES string of the molecule is CC(C)(C)COc1c(C=Cc2nc3ccccn3c2C(=O)O)cccc1OC(F)F. The van der Waals surface area contributed by atoms with Gasteiger partial charge >= 0.3 is 12.6 Å². The molecule has 3 rings (SSSR count). The van der Waals surface area contributed by atoms with Crippen LogP contribution in [0.4, 0.5) is 8.78 Å². The number of carboxylic acid groups (broad SMARTS) is 1. The summed E-state index contributed by atoms with van der Waals surface area (Å²) < 4.78 is 37.6. The molecule has 0 saturated carbocycles. The fourth-order valence-electron chi connectivity index (χ4n) is 2.81. The standard InChI is InChI=1S/C22H22F2N2O4/c1-22(2,3)13-29-19-14(7-6-8-16(19)30-21(23)24)10-11-15-18(20(27)28)26-12-5-4-9-17(26)25-15/h4-12,21H,13H2,1-3H3,(H,27,28). The molecule has 158 valence electrons. The van der Waals surface area contributed by atoms with Gasteiger partial charge in [-0.1, -0.05) is 39.0 Å². The summed E-state index contributed by atoms with van der Waals surface area (Å²) in [7, 11) is 0. The number of fused-ring (bicyclic) bond motifs is 1. The zero-order chi connectivity index (χ0) is 21.9. The Kier molecular flexibility index (Phi) is 6.05. The van der Waals surface area contributed by atoms with Crippen molar-refractivity contribution >= 4 is 23.8 Å². The molecule has 2 aromatic heterocycles. The van der Waals surface area contributed by atoms with Gasteiger partial charge in [0.05, 0.1) is 12.3 Å². The van der Waals surface area contributed by atoms with Crippen molar-refractivity contribution < 1.29 is 28.2 Å². The molecule has 0 amide bonds. The van der Waals surface area contributed by atoms with E-state index in [-0.39, 0.29) is 34.9 Å². The highest BCUT2D eigenvalue weighted by Gasteiger charge is 2.19. The van der Waals surface area contributed by atoms with Crippen LogP contribution in [0.3, 0.4) is 0 Å². The van der Waals surface area contributed by atoms with E-state index in [2.05, 4.69) is 9.72 Å². The van der Waals surface area contributed by atoms with Crippen molar-refractivity contribution in [2.45, 2.75) is 27.4 Å². The fraction of sp³-hybridized carbons (Fsp3) is 0.273. The Hall–Kier alpha value is -3.42. The van der Waals surface area contributed by atoms with Crippen molar-refractivity contribution in [1.29, 1.82) is 0 Å². The normalized spacial score (nSPS) is 12.1. The number of alkyl halides is 2. The molecular formula is C22H22F2N2O4. The van der Waals surface area contributed by atoms with Crippen molar-refractivity contribution in [1.82, 2.24) is 9.38 Å². The molecule has 0 aliphatic rings. The van der Waals surface area contributed by atoms with E-state index < -0.39 is 12.6 Å². The Balaban J connectivity index is 2.03. The largest absolute Gasteiger partial charge is 0.489 e. The number of imidazole rings is 1. The molecule has 0 saturated heterocycles. The van der Waals surface area contributed by atoms with Gasteiger partial charge in [0.25, 0.3) is 0 Å². The number of aromatic nitrogens is 2. The third-order valence-electron chi connectivity index (χ3n) is 4.06. The van der Waals surface area contributed by atoms with Crippen LogP contribution in [0.5, 0.6) is 11.5 Å². The number of para-hydroxylation sites is 1. The van der Waals surface area contributed by atoms with Gasteiger partial charge in [-0.15, -0.1) is 0 Å². The van der Waals surface area contributed by atoms with E-state index in [1.165, 1.54) is 16.5 Å². The molecule has 0 atom stereocenters. The predicted octanol–water partition coefficient (Wildman–Crippen LogP) is 5.23. The summed E-state index contributed by atoms with van der Waals surface area (Å²) in [6.07, 6.45) is 4.70. The lowest BCUT2D eigenvalue weighted by atomic mass is 9.98. The van der Waals surface area contributed by atoms with Crippen LogP contribution in [0, 0.1) is 5.41 Å². The van der Waals surface area contributed by atoms with Gasteiger partial charge in [0, 0.05) is 11.8 Å². The molecule has 30 heavy (non-hydrogen) atoms. The summed E-state index contributed by atoms with van der Waals surface area (Å²) in [6.45, 7) is 3.13. The molecule has 1 N–H and O–H groups in total. The number of halogens is 2. The van der Waals surface area contributed by atoms with Gasteiger partial charge in [-0.3, -0.25) is 4.40 Å². The lowest BCUT2D eigenvalue weighted by Gasteiger charge is -2.21. The highest BCUT2D eigenvalue weighted by molar-refractivity contribution is 5.92. The molecule has 8 heteroatoms. The van der Waals surface area contributed by atoms with Crippen LogP contribution in [0.25, 0.3) is 17.8 Å². The van der Waals surface area contributed by atoms with Crippen molar-refractivity contribution in [2.75, 3.05) is 6.61 Å². The number of benzene rings is 1. The zero-order valence-electron chi connectivity index (χ0n) is 16.8. The first-order valence-corrected chi connectivity index (χ1v) is 9.25. The summed E-state index contributed by atoms with van der Waals surface area (Å²) in [5.74, 6) is -1.07. The molecule has 0 aliphatic carbocycles. The van der Waals surface area contributed by atoms with E-state index in [1.54, 1.807) is 42.6 Å². The highest BCUT2D eigenvalue weighted by Crippen LogP contribution is 2.35. The predicted molar refractivity (Wildman–Crippen MR) is 109 cm³/mol. The maximum atomic E-state index is 12.8. The number of rotatable bonds is 7. The molecule has 0 unspecified atom stereocenters. The molecule has 0 fully saturated rings. The van der Waals surface area contributed by atoms with Crippen LogP contribution in [-0.2, 0) is 0 Å². The number of carboxylic acids is 1. The molecule has 0 aliphatic heterocycles. The van der Waals surface area contributed by atoms with Crippen LogP contribution in [-0.4, -0.2) is 33.7 Å². The minimum absolute atomic E-state index is 0.000931. The number of hydrogen-bond acceptors (Lipinski definition) is 4. The summed E-state index contributed by atoms with van der Waals surface area (Å²) in [5, 5.41) is 9.60. The van der Waals surface area contributed by atoms with Crippen LogP contribution in [0.15, 0.2) is 42.6 Å². The molecule has 3 aromatic rings. The van der Waals surface area contributed by atoms with Crippen molar-refractivity contribution in [3.8, 4) is 11.5 Å². The van der Waals surface area contributed by atoms with Crippen LogP contribution in [0.2, 0.25) is 0 Å². The van der Waals surface area contributed by atoms with E-state index in [4.69, 9.17) is 4.74 Å². The maximum absolute atomic E-state index is 12.8. The number of nitrogens with zero attached hydrogens (tertiary/aromatic N) is 2. The number of aromatic carboxylic acids is 1. The number of hydrogen-bond donors (Lipinski definition) is 1. The fourth-order valence-corrected chi connectivity index (χ4v) is 2.81. The van der Waals surface area contributed by atoms with Crippen LogP contribution < -0.4 is 9.47 Å². The van der Waals surface area contributed by atoms with Gasteiger partial charge in [-0.2, -0.15) is 8.78 Å². The minimum atomic E-state index is -3.00. The quantitative estimate of drug-likeness (QED) is 0.571. The highest BCUT2D eigenvalue weighted by atomic mass is 19.3. The summed E-state index contributed by atoms with van der Waals surface area (Å²) in [6, 6.07) is 9.78. The Morgan fingerprint density at radius 2 is 1.97 bits per heavy atom. The monoisotopic (exact) mass is 416 g/mol. The first kappa shape index (κ1) is 21.3. The summed E-state index contributed by atoms with van der Waals surface area (Å²) in [5.41, 5.74) is 0.964. The van der Waals surface area contributed by atoms with Gasteiger partial charge in [0.1, 0.15) is 5.65 Å². The molecule has 0 radical (unpaired) electrons. The summed E-state index contributed by atoms with van der Waals surface area (Å²) in [4.78, 5) is 16.1. The molecule has 0 spiro atoms. The molecule has 0 bridgehead atoms. The third-order valence-corrected chi connectivity index (χ3v) is 4.06. The Labute approximate surface area is 172 Å². The second-order valence-corrected chi connectivity index (χ2v) is 7.82. The molecule has 1 aromatic carbocycles. The van der Waals surface area contributed by atoms with Gasteiger partial charge in [-0.25, -0.2) is 9.78 Å². The lowest BCUT2D eigenvalue weighted by Crippen LogP contribution is -2.18. The van der Waals surface area contributed by atoms with E-state index >= 15 is 0 Å². The van der Waals surface area contributed by atoms with E-state index in [1.807, 2.05) is 20.8 Å². The third kappa shape index (κ3) is 4.94.